The van der Waals surface area contributed by atoms with Gasteiger partial charge in [-0.2, -0.15) is 0 Å². The molecule has 0 fully saturated rings. The first-order valence-electron chi connectivity index (χ1n) is 19.9. The van der Waals surface area contributed by atoms with E-state index in [1.807, 2.05) is 0 Å². The van der Waals surface area contributed by atoms with Gasteiger partial charge in [0.05, 0.1) is 11.0 Å². The Kier molecular flexibility index (Phi) is 7.39. The van der Waals surface area contributed by atoms with E-state index in [1.165, 1.54) is 84.8 Å². The third-order valence-corrected chi connectivity index (χ3v) is 13.0. The molecule has 0 radical (unpaired) electrons. The third-order valence-electron chi connectivity index (χ3n) is 13.0. The Morgan fingerprint density at radius 3 is 1.89 bits per heavy atom. The monoisotopic (exact) mass is 712 g/mol. The number of aromatic nitrogens is 1. The van der Waals surface area contributed by atoms with Gasteiger partial charge in [0.15, 0.2) is 0 Å². The van der Waals surface area contributed by atoms with E-state index in [1.54, 1.807) is 0 Å². The van der Waals surface area contributed by atoms with Gasteiger partial charge in [-0.25, -0.2) is 0 Å². The van der Waals surface area contributed by atoms with E-state index in [4.69, 9.17) is 0 Å². The summed E-state index contributed by atoms with van der Waals surface area (Å²) in [5.41, 5.74) is 18.1. The van der Waals surface area contributed by atoms with Crippen LogP contribution in [-0.4, -0.2) is 4.57 Å². The molecule has 0 spiro atoms. The van der Waals surface area contributed by atoms with Crippen LogP contribution in [0.4, 0.5) is 17.1 Å². The predicted molar refractivity (Wildman–Crippen MR) is 234 cm³/mol. The van der Waals surface area contributed by atoms with Crippen molar-refractivity contribution in [2.24, 2.45) is 0 Å². The highest BCUT2D eigenvalue weighted by atomic mass is 15.1. The van der Waals surface area contributed by atoms with E-state index < -0.39 is 0 Å². The van der Waals surface area contributed by atoms with E-state index in [2.05, 4.69) is 209 Å². The first-order chi connectivity index (χ1) is 26.5. The third kappa shape index (κ3) is 5.22. The van der Waals surface area contributed by atoms with Crippen molar-refractivity contribution in [2.75, 3.05) is 4.90 Å². The summed E-state index contributed by atoms with van der Waals surface area (Å²) in [6, 6.07) is 59.0. The van der Waals surface area contributed by atoms with Gasteiger partial charge in [-0.15, -0.1) is 0 Å². The van der Waals surface area contributed by atoms with Gasteiger partial charge < -0.3 is 9.47 Å². The minimum absolute atomic E-state index is 0.106. The molecule has 55 heavy (non-hydrogen) atoms. The fraction of sp³-hybridized carbons (Fsp3) is 0.208. The molecular formula is C53H48N2. The van der Waals surface area contributed by atoms with Crippen LogP contribution in [0.15, 0.2) is 158 Å². The molecule has 2 aliphatic rings. The molecule has 0 amide bonds. The molecule has 270 valence electrons. The van der Waals surface area contributed by atoms with Gasteiger partial charge in [0.25, 0.3) is 0 Å². The Morgan fingerprint density at radius 2 is 1.05 bits per heavy atom. The molecule has 2 aliphatic carbocycles. The highest BCUT2D eigenvalue weighted by Gasteiger charge is 2.38. The minimum atomic E-state index is -0.106. The Balaban J connectivity index is 1.21. The molecule has 0 saturated carbocycles. The summed E-state index contributed by atoms with van der Waals surface area (Å²) >= 11 is 0. The number of anilines is 3. The van der Waals surface area contributed by atoms with Crippen molar-refractivity contribution in [3.63, 3.8) is 0 Å². The summed E-state index contributed by atoms with van der Waals surface area (Å²) in [5, 5.41) is 2.54. The summed E-state index contributed by atoms with van der Waals surface area (Å²) < 4.78 is 2.51. The van der Waals surface area contributed by atoms with Gasteiger partial charge in [-0.1, -0.05) is 145 Å². The molecule has 2 heteroatoms. The molecular weight excluding hydrogens is 665 g/mol. The van der Waals surface area contributed by atoms with Crippen molar-refractivity contribution in [3.8, 4) is 27.9 Å². The second-order valence-electron chi connectivity index (χ2n) is 17.7. The van der Waals surface area contributed by atoms with E-state index in [-0.39, 0.29) is 16.2 Å². The summed E-state index contributed by atoms with van der Waals surface area (Å²) in [5.74, 6) is 0. The Hall–Kier alpha value is -5.86. The standard InChI is InChI=1S/C53H48N2/c1-51(2)29-30-52(3,4)48-33-39(25-28-46(48)51)55-49-22-13-11-20-43(49)44-27-24-40(34-50(44)55)54(37-18-14-17-36(31-37)35-15-8-7-9-16-35)38-23-26-42-41-19-10-12-21-45(41)53(5,6)47(42)32-38/h7-28,31-34H,29-30H2,1-6H3. The molecule has 7 aromatic carbocycles. The number of hydrogen-bond acceptors (Lipinski definition) is 1. The number of para-hydroxylation sites is 1. The van der Waals surface area contributed by atoms with Crippen molar-refractivity contribution in [1.82, 2.24) is 4.57 Å². The molecule has 0 atom stereocenters. The van der Waals surface area contributed by atoms with E-state index >= 15 is 0 Å². The van der Waals surface area contributed by atoms with Gasteiger partial charge in [0, 0.05) is 38.9 Å². The van der Waals surface area contributed by atoms with Crippen molar-refractivity contribution < 1.29 is 0 Å². The lowest BCUT2D eigenvalue weighted by Crippen LogP contribution is -2.33. The number of rotatable bonds is 5. The number of hydrogen-bond donors (Lipinski definition) is 0. The fourth-order valence-corrected chi connectivity index (χ4v) is 9.83. The summed E-state index contributed by atoms with van der Waals surface area (Å²) in [7, 11) is 0. The van der Waals surface area contributed by atoms with Gasteiger partial charge >= 0.3 is 0 Å². The zero-order valence-corrected chi connectivity index (χ0v) is 32.8. The van der Waals surface area contributed by atoms with Crippen LogP contribution in [0.25, 0.3) is 49.7 Å². The second-order valence-corrected chi connectivity index (χ2v) is 17.7. The second kappa shape index (κ2) is 12.1. The Morgan fingerprint density at radius 1 is 0.418 bits per heavy atom. The number of benzene rings is 7. The quantitative estimate of drug-likeness (QED) is 0.172. The molecule has 1 aromatic heterocycles. The predicted octanol–water partition coefficient (Wildman–Crippen LogP) is 14.6. The SMILES string of the molecule is CC1(C)CCC(C)(C)c2cc(-n3c4ccccc4c4ccc(N(c5cccc(-c6ccccc6)c5)c5ccc6c(c5)C(C)(C)c5ccccc5-6)cc43)ccc21. The first-order valence-corrected chi connectivity index (χ1v) is 19.9. The van der Waals surface area contributed by atoms with Crippen molar-refractivity contribution in [2.45, 2.75) is 70.6 Å². The van der Waals surface area contributed by atoms with Crippen LogP contribution in [0.5, 0.6) is 0 Å². The van der Waals surface area contributed by atoms with Crippen LogP contribution in [0.3, 0.4) is 0 Å². The lowest BCUT2D eigenvalue weighted by molar-refractivity contribution is 0.332. The fourth-order valence-electron chi connectivity index (χ4n) is 9.83. The maximum absolute atomic E-state index is 2.51. The Labute approximate surface area is 325 Å². The largest absolute Gasteiger partial charge is 0.310 e. The normalized spacial score (nSPS) is 16.1. The van der Waals surface area contributed by atoms with Gasteiger partial charge in [0.2, 0.25) is 0 Å². The summed E-state index contributed by atoms with van der Waals surface area (Å²) in [6.07, 6.45) is 2.39. The molecule has 0 saturated heterocycles. The lowest BCUT2D eigenvalue weighted by Gasteiger charge is -2.42. The smallest absolute Gasteiger partial charge is 0.0561 e. The molecule has 2 nitrogen and oxygen atoms in total. The topological polar surface area (TPSA) is 8.17 Å². The van der Waals surface area contributed by atoms with Crippen LogP contribution in [0.2, 0.25) is 0 Å². The van der Waals surface area contributed by atoms with Crippen molar-refractivity contribution >= 4 is 38.9 Å². The number of fused-ring (bicyclic) bond motifs is 7. The number of nitrogens with zero attached hydrogens (tertiary/aromatic N) is 2. The van der Waals surface area contributed by atoms with Crippen LogP contribution < -0.4 is 4.90 Å². The molecule has 0 unspecified atom stereocenters. The van der Waals surface area contributed by atoms with Gasteiger partial charge in [-0.05, 0) is 123 Å². The molecule has 0 aliphatic heterocycles. The molecule has 0 N–H and O–H groups in total. The zero-order chi connectivity index (χ0) is 37.7. The summed E-state index contributed by atoms with van der Waals surface area (Å²) in [6.45, 7) is 14.4. The van der Waals surface area contributed by atoms with Gasteiger partial charge in [0.1, 0.15) is 0 Å². The van der Waals surface area contributed by atoms with Crippen LogP contribution in [-0.2, 0) is 16.2 Å². The highest BCUT2D eigenvalue weighted by Crippen LogP contribution is 2.51. The Bertz CT molecular complexity index is 2790. The average Bonchev–Trinajstić information content (AvgIpc) is 3.65. The average molecular weight is 713 g/mol. The van der Waals surface area contributed by atoms with E-state index in [9.17, 15) is 0 Å². The maximum atomic E-state index is 2.51. The van der Waals surface area contributed by atoms with Crippen LogP contribution >= 0.6 is 0 Å². The minimum Gasteiger partial charge on any atom is -0.310 e. The maximum Gasteiger partial charge on any atom is 0.0561 e. The molecule has 8 aromatic rings. The zero-order valence-electron chi connectivity index (χ0n) is 32.8. The van der Waals surface area contributed by atoms with E-state index in [0.29, 0.717) is 0 Å². The summed E-state index contributed by atoms with van der Waals surface area (Å²) in [4.78, 5) is 2.46. The lowest BCUT2D eigenvalue weighted by atomic mass is 9.63. The van der Waals surface area contributed by atoms with Crippen LogP contribution in [0.1, 0.15) is 76.6 Å². The first kappa shape index (κ1) is 33.7. The van der Waals surface area contributed by atoms with Crippen molar-refractivity contribution in [3.05, 3.63) is 180 Å². The van der Waals surface area contributed by atoms with Crippen LogP contribution in [0, 0.1) is 0 Å². The van der Waals surface area contributed by atoms with E-state index in [0.717, 1.165) is 17.1 Å². The van der Waals surface area contributed by atoms with Gasteiger partial charge in [-0.3, -0.25) is 0 Å². The molecule has 10 rings (SSSR count). The highest BCUT2D eigenvalue weighted by molar-refractivity contribution is 6.10. The molecule has 0 bridgehead atoms. The molecule has 1 heterocycles. The van der Waals surface area contributed by atoms with Crippen molar-refractivity contribution in [1.29, 1.82) is 0 Å².